The molecule has 0 aromatic heterocycles. The molecule has 3 N–H and O–H groups in total. The van der Waals surface area contributed by atoms with Crippen molar-refractivity contribution in [2.45, 2.75) is 19.9 Å². The number of nitrogens with zero attached hydrogens (tertiary/aromatic N) is 1. The highest BCUT2D eigenvalue weighted by Crippen LogP contribution is 2.30. The van der Waals surface area contributed by atoms with Gasteiger partial charge in [0.1, 0.15) is 0 Å². The highest BCUT2D eigenvalue weighted by molar-refractivity contribution is 9.11. The Balaban J connectivity index is 2.90. The van der Waals surface area contributed by atoms with E-state index in [4.69, 9.17) is 5.73 Å². The van der Waals surface area contributed by atoms with Crippen LogP contribution in [0.1, 0.15) is 13.8 Å². The molecule has 82 valence electrons. The molecule has 0 spiro atoms. The van der Waals surface area contributed by atoms with E-state index in [1.807, 2.05) is 32.0 Å². The number of halogens is 2. The van der Waals surface area contributed by atoms with Gasteiger partial charge in [0, 0.05) is 15.0 Å². The van der Waals surface area contributed by atoms with Gasteiger partial charge in [-0.1, -0.05) is 6.07 Å². The van der Waals surface area contributed by atoms with Gasteiger partial charge in [0.25, 0.3) is 0 Å². The Bertz CT molecular complexity index is 355. The molecule has 0 aliphatic heterocycles. The lowest BCUT2D eigenvalue weighted by Crippen LogP contribution is -2.24. The summed E-state index contributed by atoms with van der Waals surface area (Å²) in [5, 5.41) is 3.04. The Morgan fingerprint density at radius 2 is 1.87 bits per heavy atom. The highest BCUT2D eigenvalue weighted by atomic mass is 79.9. The van der Waals surface area contributed by atoms with E-state index >= 15 is 0 Å². The fraction of sp³-hybridized carbons (Fsp3) is 0.300. The number of anilines is 1. The Hall–Kier alpha value is -0.550. The molecule has 1 aromatic rings. The highest BCUT2D eigenvalue weighted by Gasteiger charge is 2.05. The first-order valence-corrected chi connectivity index (χ1v) is 6.13. The average molecular weight is 335 g/mol. The molecule has 0 fully saturated rings. The molecule has 0 aliphatic carbocycles. The zero-order chi connectivity index (χ0) is 11.4. The Labute approximate surface area is 106 Å². The smallest absolute Gasteiger partial charge is 0.193 e. The number of para-hydroxylation sites is 1. The monoisotopic (exact) mass is 333 g/mol. The van der Waals surface area contributed by atoms with Gasteiger partial charge in [-0.2, -0.15) is 0 Å². The maximum atomic E-state index is 5.74. The average Bonchev–Trinajstić information content (AvgIpc) is 2.10. The van der Waals surface area contributed by atoms with Gasteiger partial charge in [0.15, 0.2) is 5.96 Å². The summed E-state index contributed by atoms with van der Waals surface area (Å²) >= 11 is 6.88. The Kier molecular flexibility index (Phi) is 4.60. The first kappa shape index (κ1) is 12.5. The zero-order valence-electron chi connectivity index (χ0n) is 8.59. The quantitative estimate of drug-likeness (QED) is 0.643. The van der Waals surface area contributed by atoms with Crippen molar-refractivity contribution in [3.63, 3.8) is 0 Å². The summed E-state index contributed by atoms with van der Waals surface area (Å²) in [6.45, 7) is 3.95. The first-order valence-electron chi connectivity index (χ1n) is 4.55. The molecule has 0 aliphatic rings. The number of nitrogens with two attached hydrogens (primary N) is 1. The number of hydrogen-bond acceptors (Lipinski definition) is 1. The first-order chi connectivity index (χ1) is 7.00. The van der Waals surface area contributed by atoms with Crippen LogP contribution in [0.15, 0.2) is 32.1 Å². The summed E-state index contributed by atoms with van der Waals surface area (Å²) in [7, 11) is 0. The summed E-state index contributed by atoms with van der Waals surface area (Å²) in [5.41, 5.74) is 6.63. The van der Waals surface area contributed by atoms with Gasteiger partial charge >= 0.3 is 0 Å². The second kappa shape index (κ2) is 5.51. The molecule has 3 nitrogen and oxygen atoms in total. The van der Waals surface area contributed by atoms with E-state index in [0.29, 0.717) is 5.96 Å². The van der Waals surface area contributed by atoms with Crippen molar-refractivity contribution in [3.05, 3.63) is 27.1 Å². The van der Waals surface area contributed by atoms with Crippen LogP contribution < -0.4 is 11.1 Å². The molecular weight excluding hydrogens is 322 g/mol. The Morgan fingerprint density at radius 1 is 1.33 bits per heavy atom. The molecule has 0 heterocycles. The number of aliphatic imine (C=N–C) groups is 1. The van der Waals surface area contributed by atoms with Crippen LogP contribution in [0.25, 0.3) is 0 Å². The van der Waals surface area contributed by atoms with Crippen LogP contribution >= 0.6 is 31.9 Å². The fourth-order valence-electron chi connectivity index (χ4n) is 1.06. The fourth-order valence-corrected chi connectivity index (χ4v) is 2.25. The normalized spacial score (nSPS) is 11.9. The van der Waals surface area contributed by atoms with Crippen LogP contribution in [0.4, 0.5) is 5.69 Å². The summed E-state index contributed by atoms with van der Waals surface area (Å²) in [6, 6.07) is 6.00. The molecule has 0 amide bonds. The third-order valence-electron chi connectivity index (χ3n) is 1.61. The maximum absolute atomic E-state index is 5.74. The number of hydrogen-bond donors (Lipinski definition) is 2. The van der Waals surface area contributed by atoms with Crippen molar-refractivity contribution in [1.29, 1.82) is 0 Å². The van der Waals surface area contributed by atoms with E-state index in [1.54, 1.807) is 0 Å². The number of nitrogens with one attached hydrogen (secondary N) is 1. The lowest BCUT2D eigenvalue weighted by Gasteiger charge is -2.10. The van der Waals surface area contributed by atoms with Gasteiger partial charge in [-0.25, -0.2) is 0 Å². The molecule has 1 rings (SSSR count). The molecule has 15 heavy (non-hydrogen) atoms. The summed E-state index contributed by atoms with van der Waals surface area (Å²) < 4.78 is 1.89. The van der Waals surface area contributed by atoms with Crippen molar-refractivity contribution < 1.29 is 0 Å². The van der Waals surface area contributed by atoms with E-state index in [2.05, 4.69) is 42.2 Å². The Morgan fingerprint density at radius 3 is 2.33 bits per heavy atom. The van der Waals surface area contributed by atoms with Gasteiger partial charge in [-0.3, -0.25) is 4.99 Å². The predicted octanol–water partition coefficient (Wildman–Crippen LogP) is 3.35. The summed E-state index contributed by atoms with van der Waals surface area (Å²) in [5.74, 6) is 0.414. The molecule has 0 atom stereocenters. The number of rotatable bonds is 2. The second-order valence-corrected chi connectivity index (χ2v) is 5.04. The van der Waals surface area contributed by atoms with E-state index < -0.39 is 0 Å². The largest absolute Gasteiger partial charge is 0.370 e. The van der Waals surface area contributed by atoms with Gasteiger partial charge in [0.05, 0.1) is 5.69 Å². The van der Waals surface area contributed by atoms with E-state index in [-0.39, 0.29) is 6.04 Å². The summed E-state index contributed by atoms with van der Waals surface area (Å²) in [6.07, 6.45) is 0. The van der Waals surface area contributed by atoms with Gasteiger partial charge < -0.3 is 11.1 Å². The van der Waals surface area contributed by atoms with Crippen molar-refractivity contribution >= 4 is 43.5 Å². The minimum absolute atomic E-state index is 0.179. The molecule has 0 bridgehead atoms. The number of benzene rings is 1. The lowest BCUT2D eigenvalue weighted by molar-refractivity contribution is 0.833. The predicted molar refractivity (Wildman–Crippen MR) is 72.2 cm³/mol. The van der Waals surface area contributed by atoms with Gasteiger partial charge in [-0.05, 0) is 57.8 Å². The van der Waals surface area contributed by atoms with Crippen molar-refractivity contribution in [1.82, 2.24) is 0 Å². The molecule has 0 unspecified atom stereocenters. The topological polar surface area (TPSA) is 50.4 Å². The van der Waals surface area contributed by atoms with Crippen molar-refractivity contribution in [3.8, 4) is 0 Å². The third-order valence-corrected chi connectivity index (χ3v) is 2.93. The number of guanidine groups is 1. The van der Waals surface area contributed by atoms with Crippen LogP contribution in [0.5, 0.6) is 0 Å². The van der Waals surface area contributed by atoms with Crippen molar-refractivity contribution in [2.75, 3.05) is 5.32 Å². The molecule has 5 heteroatoms. The van der Waals surface area contributed by atoms with Crippen LogP contribution in [0, 0.1) is 0 Å². The van der Waals surface area contributed by atoms with Crippen LogP contribution in [0.2, 0.25) is 0 Å². The van der Waals surface area contributed by atoms with Gasteiger partial charge in [0.2, 0.25) is 0 Å². The molecule has 0 saturated carbocycles. The molecule has 0 radical (unpaired) electrons. The van der Waals surface area contributed by atoms with Crippen LogP contribution in [-0.4, -0.2) is 12.0 Å². The standard InChI is InChI=1S/C10H13Br2N3/c1-6(2)14-10(13)15-9-7(11)4-3-5-8(9)12/h3-6H,1-2H3,(H3,13,14,15). The van der Waals surface area contributed by atoms with Crippen LogP contribution in [0.3, 0.4) is 0 Å². The van der Waals surface area contributed by atoms with Gasteiger partial charge in [-0.15, -0.1) is 0 Å². The minimum atomic E-state index is 0.179. The molecule has 1 aromatic carbocycles. The lowest BCUT2D eigenvalue weighted by atomic mass is 10.3. The molecule has 0 saturated heterocycles. The summed E-state index contributed by atoms with van der Waals surface area (Å²) in [4.78, 5) is 4.20. The third kappa shape index (κ3) is 3.83. The zero-order valence-corrected chi connectivity index (χ0v) is 11.8. The maximum Gasteiger partial charge on any atom is 0.193 e. The van der Waals surface area contributed by atoms with E-state index in [9.17, 15) is 0 Å². The SMILES string of the molecule is CC(C)N=C(N)Nc1c(Br)cccc1Br. The van der Waals surface area contributed by atoms with Crippen molar-refractivity contribution in [2.24, 2.45) is 10.7 Å². The minimum Gasteiger partial charge on any atom is -0.370 e. The van der Waals surface area contributed by atoms with E-state index in [0.717, 1.165) is 14.6 Å². The second-order valence-electron chi connectivity index (χ2n) is 3.33. The van der Waals surface area contributed by atoms with E-state index in [1.165, 1.54) is 0 Å². The van der Waals surface area contributed by atoms with Crippen LogP contribution in [-0.2, 0) is 0 Å². The molecular formula is C10H13Br2N3.